The van der Waals surface area contributed by atoms with Gasteiger partial charge in [0.2, 0.25) is 0 Å². The van der Waals surface area contributed by atoms with Crippen LogP contribution in [0.25, 0.3) is 0 Å². The van der Waals surface area contributed by atoms with Crippen LogP contribution in [0.15, 0.2) is 48.5 Å². The third-order valence-electron chi connectivity index (χ3n) is 3.08. The third kappa shape index (κ3) is 4.95. The van der Waals surface area contributed by atoms with Crippen molar-refractivity contribution in [2.45, 2.75) is 20.8 Å². The summed E-state index contributed by atoms with van der Waals surface area (Å²) in [5.74, 6) is -0.214. The lowest BCUT2D eigenvalue weighted by Crippen LogP contribution is -2.13. The van der Waals surface area contributed by atoms with Gasteiger partial charge in [-0.1, -0.05) is 32.0 Å². The van der Waals surface area contributed by atoms with E-state index in [0.29, 0.717) is 23.5 Å². The average Bonchev–Trinajstić information content (AvgIpc) is 2.52. The van der Waals surface area contributed by atoms with E-state index in [1.165, 1.54) is 6.07 Å². The van der Waals surface area contributed by atoms with Crippen molar-refractivity contribution < 1.29 is 19.1 Å². The number of hydrogen-bond acceptors (Lipinski definition) is 4. The monoisotopic (exact) mass is 312 g/mol. The third-order valence-corrected chi connectivity index (χ3v) is 3.08. The molecule has 0 aliphatic heterocycles. The number of carbonyl (C=O) groups is 2. The van der Waals surface area contributed by atoms with Crippen molar-refractivity contribution in [1.29, 1.82) is 0 Å². The number of carbonyl (C=O) groups excluding carboxylic acids is 2. The highest BCUT2D eigenvalue weighted by Gasteiger charge is 2.13. The van der Waals surface area contributed by atoms with Crippen LogP contribution < -0.4 is 4.74 Å². The molecule has 2 aromatic rings. The lowest BCUT2D eigenvalue weighted by molar-refractivity contribution is 0.0459. The first-order chi connectivity index (χ1) is 11.0. The van der Waals surface area contributed by atoms with Crippen molar-refractivity contribution in [2.75, 3.05) is 6.61 Å². The van der Waals surface area contributed by atoms with Gasteiger partial charge in [0.25, 0.3) is 0 Å². The summed E-state index contributed by atoms with van der Waals surface area (Å²) in [4.78, 5) is 24.1. The fourth-order valence-corrected chi connectivity index (χ4v) is 1.94. The summed E-state index contributed by atoms with van der Waals surface area (Å²) in [6.07, 6.45) is 0. The molecule has 23 heavy (non-hydrogen) atoms. The second-order valence-corrected chi connectivity index (χ2v) is 5.78. The number of rotatable bonds is 5. The Morgan fingerprint density at radius 1 is 0.957 bits per heavy atom. The summed E-state index contributed by atoms with van der Waals surface area (Å²) in [5, 5.41) is 0. The molecule has 0 bridgehead atoms. The largest absolute Gasteiger partial charge is 0.462 e. The van der Waals surface area contributed by atoms with Crippen molar-refractivity contribution in [3.05, 3.63) is 65.2 Å². The SMILES string of the molecule is Cc1cccc(OC(=O)c2cccc(C(=O)OCC(C)C)c2)c1. The lowest BCUT2D eigenvalue weighted by atomic mass is 10.1. The number of benzene rings is 2. The Labute approximate surface area is 136 Å². The van der Waals surface area contributed by atoms with Crippen LogP contribution in [0.5, 0.6) is 5.75 Å². The van der Waals surface area contributed by atoms with Crippen molar-refractivity contribution in [3.63, 3.8) is 0 Å². The number of hydrogen-bond donors (Lipinski definition) is 0. The Morgan fingerprint density at radius 3 is 2.26 bits per heavy atom. The van der Waals surface area contributed by atoms with E-state index in [1.807, 2.05) is 32.9 Å². The van der Waals surface area contributed by atoms with Gasteiger partial charge in [-0.25, -0.2) is 9.59 Å². The maximum atomic E-state index is 12.2. The quantitative estimate of drug-likeness (QED) is 0.618. The number of aryl methyl sites for hydroxylation is 1. The van der Waals surface area contributed by atoms with Crippen LogP contribution in [-0.2, 0) is 4.74 Å². The standard InChI is InChI=1S/C19H20O4/c1-13(2)12-22-18(20)15-7-5-8-16(11-15)19(21)23-17-9-4-6-14(3)10-17/h4-11,13H,12H2,1-3H3. The van der Waals surface area contributed by atoms with Gasteiger partial charge in [-0.05, 0) is 48.7 Å². The van der Waals surface area contributed by atoms with Crippen LogP contribution in [0.1, 0.15) is 40.1 Å². The average molecular weight is 312 g/mol. The molecule has 0 spiro atoms. The smallest absolute Gasteiger partial charge is 0.343 e. The van der Waals surface area contributed by atoms with Crippen LogP contribution >= 0.6 is 0 Å². The molecule has 2 rings (SSSR count). The maximum absolute atomic E-state index is 12.2. The van der Waals surface area contributed by atoms with E-state index < -0.39 is 11.9 Å². The first-order valence-electron chi connectivity index (χ1n) is 7.51. The highest BCUT2D eigenvalue weighted by atomic mass is 16.5. The number of esters is 2. The first-order valence-corrected chi connectivity index (χ1v) is 7.51. The summed E-state index contributed by atoms with van der Waals surface area (Å²) in [5.41, 5.74) is 1.65. The van der Waals surface area contributed by atoms with Gasteiger partial charge in [-0.2, -0.15) is 0 Å². The van der Waals surface area contributed by atoms with Crippen LogP contribution in [0.3, 0.4) is 0 Å². The minimum absolute atomic E-state index is 0.258. The van der Waals surface area contributed by atoms with Gasteiger partial charge in [0.15, 0.2) is 0 Å². The molecule has 0 unspecified atom stereocenters. The molecular weight excluding hydrogens is 292 g/mol. The Kier molecular flexibility index (Phi) is 5.52. The molecule has 0 amide bonds. The molecule has 0 aromatic heterocycles. The fourth-order valence-electron chi connectivity index (χ4n) is 1.94. The van der Waals surface area contributed by atoms with E-state index in [-0.39, 0.29) is 5.92 Å². The predicted molar refractivity (Wildman–Crippen MR) is 87.7 cm³/mol. The van der Waals surface area contributed by atoms with E-state index in [2.05, 4.69) is 0 Å². The van der Waals surface area contributed by atoms with Gasteiger partial charge in [0.05, 0.1) is 17.7 Å². The fraction of sp³-hybridized carbons (Fsp3) is 0.263. The molecule has 0 radical (unpaired) electrons. The van der Waals surface area contributed by atoms with Gasteiger partial charge >= 0.3 is 11.9 Å². The van der Waals surface area contributed by atoms with Gasteiger partial charge in [-0.3, -0.25) is 0 Å². The van der Waals surface area contributed by atoms with Crippen LogP contribution in [0.4, 0.5) is 0 Å². The molecule has 0 fully saturated rings. The van der Waals surface area contributed by atoms with Gasteiger partial charge in [0.1, 0.15) is 5.75 Å². The Bertz CT molecular complexity index is 704. The topological polar surface area (TPSA) is 52.6 Å². The van der Waals surface area contributed by atoms with Gasteiger partial charge < -0.3 is 9.47 Å². The minimum Gasteiger partial charge on any atom is -0.462 e. The molecule has 4 nitrogen and oxygen atoms in total. The van der Waals surface area contributed by atoms with Crippen molar-refractivity contribution in [3.8, 4) is 5.75 Å². The summed E-state index contributed by atoms with van der Waals surface area (Å²) >= 11 is 0. The summed E-state index contributed by atoms with van der Waals surface area (Å²) in [7, 11) is 0. The van der Waals surface area contributed by atoms with Gasteiger partial charge in [0, 0.05) is 0 Å². The van der Waals surface area contributed by atoms with Crippen LogP contribution in [0.2, 0.25) is 0 Å². The highest BCUT2D eigenvalue weighted by molar-refractivity contribution is 5.96. The molecule has 0 aliphatic carbocycles. The second-order valence-electron chi connectivity index (χ2n) is 5.78. The van der Waals surface area contributed by atoms with E-state index in [9.17, 15) is 9.59 Å². The van der Waals surface area contributed by atoms with Crippen molar-refractivity contribution >= 4 is 11.9 Å². The minimum atomic E-state index is -0.505. The molecule has 0 aliphatic rings. The Morgan fingerprint density at radius 2 is 1.61 bits per heavy atom. The second kappa shape index (κ2) is 7.58. The zero-order valence-electron chi connectivity index (χ0n) is 13.5. The van der Waals surface area contributed by atoms with Crippen LogP contribution in [-0.4, -0.2) is 18.5 Å². The maximum Gasteiger partial charge on any atom is 0.343 e. The Hall–Kier alpha value is -2.62. The zero-order valence-corrected chi connectivity index (χ0v) is 13.5. The predicted octanol–water partition coefficient (Wildman–Crippen LogP) is 4.03. The van der Waals surface area contributed by atoms with E-state index in [1.54, 1.807) is 30.3 Å². The molecule has 0 saturated heterocycles. The molecule has 4 heteroatoms. The van der Waals surface area contributed by atoms with E-state index in [4.69, 9.17) is 9.47 Å². The molecule has 2 aromatic carbocycles. The normalized spacial score (nSPS) is 10.4. The molecule has 0 saturated carbocycles. The Balaban J connectivity index is 2.09. The first kappa shape index (κ1) is 16.7. The van der Waals surface area contributed by atoms with E-state index >= 15 is 0 Å². The zero-order chi connectivity index (χ0) is 16.8. The highest BCUT2D eigenvalue weighted by Crippen LogP contribution is 2.15. The number of ether oxygens (including phenoxy) is 2. The lowest BCUT2D eigenvalue weighted by Gasteiger charge is -2.08. The molecular formula is C19H20O4. The molecule has 120 valence electrons. The summed E-state index contributed by atoms with van der Waals surface area (Å²) in [6, 6.07) is 13.6. The van der Waals surface area contributed by atoms with Gasteiger partial charge in [-0.15, -0.1) is 0 Å². The summed E-state index contributed by atoms with van der Waals surface area (Å²) in [6.45, 7) is 6.19. The van der Waals surface area contributed by atoms with E-state index in [0.717, 1.165) is 5.56 Å². The van der Waals surface area contributed by atoms with Crippen LogP contribution in [0, 0.1) is 12.8 Å². The summed E-state index contributed by atoms with van der Waals surface area (Å²) < 4.78 is 10.5. The van der Waals surface area contributed by atoms with Crippen molar-refractivity contribution in [2.24, 2.45) is 5.92 Å². The molecule has 0 N–H and O–H groups in total. The molecule has 0 atom stereocenters. The molecule has 0 heterocycles. The van der Waals surface area contributed by atoms with Crippen molar-refractivity contribution in [1.82, 2.24) is 0 Å².